The monoisotopic (exact) mass is 379 g/mol. The van der Waals surface area contributed by atoms with Crippen LogP contribution < -0.4 is 15.6 Å². The zero-order chi connectivity index (χ0) is 19.1. The van der Waals surface area contributed by atoms with Crippen LogP contribution in [0.15, 0.2) is 29.2 Å². The van der Waals surface area contributed by atoms with Gasteiger partial charge in [-0.05, 0) is 38.0 Å². The molecule has 0 radical (unpaired) electrons. The topological polar surface area (TPSA) is 76.4 Å². The zero-order valence-electron chi connectivity index (χ0n) is 15.5. The molecule has 0 unspecified atom stereocenters. The molecule has 1 heterocycles. The van der Waals surface area contributed by atoms with Gasteiger partial charge in [-0.15, -0.1) is 0 Å². The number of halogens is 1. The molecule has 2 N–H and O–H groups in total. The van der Waals surface area contributed by atoms with Gasteiger partial charge in [0.25, 0.3) is 5.56 Å². The third-order valence-electron chi connectivity index (χ3n) is 3.95. The van der Waals surface area contributed by atoms with Crippen LogP contribution in [0.2, 0.25) is 5.02 Å². The molecule has 2 rings (SSSR count). The second-order valence-electron chi connectivity index (χ2n) is 6.43. The molecule has 26 heavy (non-hydrogen) atoms. The average Bonchev–Trinajstić information content (AvgIpc) is 2.61. The van der Waals surface area contributed by atoms with Gasteiger partial charge in [0.1, 0.15) is 5.02 Å². The number of anilines is 1. The molecule has 6 nitrogen and oxygen atoms in total. The maximum Gasteiger partial charge on any atom is 0.287 e. The molecule has 1 aromatic carbocycles. The largest absolute Gasteiger partial charge is 0.504 e. The van der Waals surface area contributed by atoms with Gasteiger partial charge < -0.3 is 15.2 Å². The van der Waals surface area contributed by atoms with Crippen LogP contribution >= 0.6 is 11.6 Å². The van der Waals surface area contributed by atoms with E-state index in [-0.39, 0.29) is 22.4 Å². The SMILES string of the molecule is CCCCCOc1cc(CNc2cnn(C(C)C)c(=O)c2Cl)ccc1O. The van der Waals surface area contributed by atoms with Crippen LogP contribution in [0.25, 0.3) is 0 Å². The third kappa shape index (κ3) is 5.14. The number of aromatic hydroxyl groups is 1. The van der Waals surface area contributed by atoms with E-state index >= 15 is 0 Å². The Morgan fingerprint density at radius 2 is 2.12 bits per heavy atom. The molecule has 2 aromatic rings. The summed E-state index contributed by atoms with van der Waals surface area (Å²) in [6.45, 7) is 6.87. The number of aromatic nitrogens is 2. The van der Waals surface area contributed by atoms with E-state index in [1.54, 1.807) is 24.4 Å². The number of benzene rings is 1. The second-order valence-corrected chi connectivity index (χ2v) is 6.80. The fourth-order valence-corrected chi connectivity index (χ4v) is 2.65. The predicted octanol–water partition coefficient (Wildman–Crippen LogP) is 4.36. The number of ether oxygens (including phenoxy) is 1. The van der Waals surface area contributed by atoms with Crippen molar-refractivity contribution < 1.29 is 9.84 Å². The summed E-state index contributed by atoms with van der Waals surface area (Å²) < 4.78 is 6.99. The minimum Gasteiger partial charge on any atom is -0.504 e. The molecule has 0 saturated heterocycles. The number of rotatable bonds is 9. The van der Waals surface area contributed by atoms with Crippen LogP contribution in [0, 0.1) is 0 Å². The number of hydrogen-bond acceptors (Lipinski definition) is 5. The van der Waals surface area contributed by atoms with Crippen molar-refractivity contribution in [3.05, 3.63) is 45.3 Å². The second kappa shape index (κ2) is 9.48. The lowest BCUT2D eigenvalue weighted by Gasteiger charge is -2.13. The standard InChI is InChI=1S/C19H26ClN3O3/c1-4-5-6-9-26-17-10-14(7-8-16(17)24)11-21-15-12-22-23(13(2)3)19(25)18(15)20/h7-8,10,12-13,21,24H,4-6,9,11H2,1-3H3. The molecule has 142 valence electrons. The average molecular weight is 380 g/mol. The van der Waals surface area contributed by atoms with E-state index in [1.807, 2.05) is 13.8 Å². The fourth-order valence-electron chi connectivity index (χ4n) is 2.45. The Labute approximate surface area is 158 Å². The molecule has 7 heteroatoms. The van der Waals surface area contributed by atoms with Crippen LogP contribution in [-0.4, -0.2) is 21.5 Å². The van der Waals surface area contributed by atoms with E-state index < -0.39 is 0 Å². The van der Waals surface area contributed by atoms with E-state index in [9.17, 15) is 9.90 Å². The molecule has 0 saturated carbocycles. The van der Waals surface area contributed by atoms with Crippen LogP contribution in [-0.2, 0) is 6.54 Å². The number of unbranched alkanes of at least 4 members (excludes halogenated alkanes) is 2. The Balaban J connectivity index is 2.05. The highest BCUT2D eigenvalue weighted by molar-refractivity contribution is 6.32. The first-order chi connectivity index (χ1) is 12.4. The molecule has 0 spiro atoms. The minimum absolute atomic E-state index is 0.0569. The summed E-state index contributed by atoms with van der Waals surface area (Å²) in [5.74, 6) is 0.573. The molecule has 0 amide bonds. The Hall–Kier alpha value is -2.21. The Morgan fingerprint density at radius 3 is 2.81 bits per heavy atom. The molecular weight excluding hydrogens is 354 g/mol. The van der Waals surface area contributed by atoms with Crippen LogP contribution in [0.4, 0.5) is 5.69 Å². The molecule has 1 aromatic heterocycles. The number of nitrogens with one attached hydrogen (secondary N) is 1. The van der Waals surface area contributed by atoms with Crippen LogP contribution in [0.1, 0.15) is 51.6 Å². The van der Waals surface area contributed by atoms with Gasteiger partial charge in [-0.25, -0.2) is 4.68 Å². The van der Waals surface area contributed by atoms with Crippen molar-refractivity contribution in [2.75, 3.05) is 11.9 Å². The maximum absolute atomic E-state index is 12.2. The van der Waals surface area contributed by atoms with Crippen molar-refractivity contribution in [2.24, 2.45) is 0 Å². The summed E-state index contributed by atoms with van der Waals surface area (Å²) in [6.07, 6.45) is 4.71. The van der Waals surface area contributed by atoms with Gasteiger partial charge in [-0.1, -0.05) is 37.4 Å². The van der Waals surface area contributed by atoms with Gasteiger partial charge in [0.05, 0.1) is 24.5 Å². The Morgan fingerprint density at radius 1 is 1.35 bits per heavy atom. The predicted molar refractivity (Wildman–Crippen MR) is 104 cm³/mol. The fraction of sp³-hybridized carbons (Fsp3) is 0.474. The summed E-state index contributed by atoms with van der Waals surface area (Å²) in [6, 6.07) is 5.12. The molecule has 0 aliphatic heterocycles. The first-order valence-electron chi connectivity index (χ1n) is 8.90. The van der Waals surface area contributed by atoms with Crippen molar-refractivity contribution >= 4 is 17.3 Å². The van der Waals surface area contributed by atoms with Gasteiger partial charge >= 0.3 is 0 Å². The lowest BCUT2D eigenvalue weighted by atomic mass is 10.2. The molecule has 0 bridgehead atoms. The van der Waals surface area contributed by atoms with Crippen LogP contribution in [0.5, 0.6) is 11.5 Å². The number of nitrogens with zero attached hydrogens (tertiary/aromatic N) is 2. The first-order valence-corrected chi connectivity index (χ1v) is 9.27. The quantitative estimate of drug-likeness (QED) is 0.633. The van der Waals surface area contributed by atoms with Crippen molar-refractivity contribution in [1.82, 2.24) is 9.78 Å². The van der Waals surface area contributed by atoms with Crippen molar-refractivity contribution in [2.45, 2.75) is 52.6 Å². The smallest absolute Gasteiger partial charge is 0.287 e. The number of phenolic OH excluding ortho intramolecular Hbond substituents is 1. The molecule has 0 atom stereocenters. The van der Waals surface area contributed by atoms with Gasteiger partial charge in [0, 0.05) is 6.54 Å². The summed E-state index contributed by atoms with van der Waals surface area (Å²) in [4.78, 5) is 12.2. The number of phenols is 1. The summed E-state index contributed by atoms with van der Waals surface area (Å²) in [5, 5.41) is 17.3. The van der Waals surface area contributed by atoms with Gasteiger partial charge in [-0.3, -0.25) is 4.79 Å². The first kappa shape index (κ1) is 20.1. The van der Waals surface area contributed by atoms with Gasteiger partial charge in [0.15, 0.2) is 11.5 Å². The van der Waals surface area contributed by atoms with Crippen molar-refractivity contribution in [1.29, 1.82) is 0 Å². The summed E-state index contributed by atoms with van der Waals surface area (Å²) in [5.41, 5.74) is 1.06. The maximum atomic E-state index is 12.2. The van der Waals surface area contributed by atoms with E-state index in [2.05, 4.69) is 17.3 Å². The lowest BCUT2D eigenvalue weighted by Crippen LogP contribution is -2.25. The third-order valence-corrected chi connectivity index (χ3v) is 4.31. The zero-order valence-corrected chi connectivity index (χ0v) is 16.2. The Kier molecular flexibility index (Phi) is 7.33. The molecular formula is C19H26ClN3O3. The highest BCUT2D eigenvalue weighted by Gasteiger charge is 2.11. The van der Waals surface area contributed by atoms with Gasteiger partial charge in [0.2, 0.25) is 0 Å². The van der Waals surface area contributed by atoms with E-state index in [4.69, 9.17) is 16.3 Å². The molecule has 0 fully saturated rings. The highest BCUT2D eigenvalue weighted by Crippen LogP contribution is 2.28. The summed E-state index contributed by atoms with van der Waals surface area (Å²) in [7, 11) is 0. The lowest BCUT2D eigenvalue weighted by molar-refractivity contribution is 0.290. The van der Waals surface area contributed by atoms with Crippen molar-refractivity contribution in [3.63, 3.8) is 0 Å². The highest BCUT2D eigenvalue weighted by atomic mass is 35.5. The number of hydrogen-bond donors (Lipinski definition) is 2. The Bertz CT molecular complexity index is 790. The molecule has 0 aliphatic rings. The van der Waals surface area contributed by atoms with E-state index in [0.29, 0.717) is 24.6 Å². The minimum atomic E-state index is -0.322. The summed E-state index contributed by atoms with van der Waals surface area (Å²) >= 11 is 6.16. The van der Waals surface area contributed by atoms with E-state index in [1.165, 1.54) is 4.68 Å². The van der Waals surface area contributed by atoms with Gasteiger partial charge in [-0.2, -0.15) is 5.10 Å². The normalized spacial score (nSPS) is 11.0. The van der Waals surface area contributed by atoms with Crippen molar-refractivity contribution in [3.8, 4) is 11.5 Å². The van der Waals surface area contributed by atoms with E-state index in [0.717, 1.165) is 24.8 Å². The molecule has 0 aliphatic carbocycles. The van der Waals surface area contributed by atoms with Crippen LogP contribution in [0.3, 0.4) is 0 Å².